The summed E-state index contributed by atoms with van der Waals surface area (Å²) in [6, 6.07) is 6.72. The van der Waals surface area contributed by atoms with Gasteiger partial charge in [0.05, 0.1) is 5.52 Å². The third-order valence-electron chi connectivity index (χ3n) is 2.57. The molecule has 0 saturated carbocycles. The molecule has 5 nitrogen and oxygen atoms in total. The standard InChI is InChI=1S/C14H15NO4/c1-14(2,3)19-13(18)15-10-7-5-4-6-9(10)12(17)11(15)8-16/h4-8,17H,1-3H3. The van der Waals surface area contributed by atoms with E-state index < -0.39 is 11.7 Å². The van der Waals surface area contributed by atoms with Crippen molar-refractivity contribution in [1.29, 1.82) is 0 Å². The van der Waals surface area contributed by atoms with Crippen molar-refractivity contribution in [1.82, 2.24) is 4.57 Å². The topological polar surface area (TPSA) is 68.5 Å². The van der Waals surface area contributed by atoms with Gasteiger partial charge in [-0.1, -0.05) is 12.1 Å². The number of aromatic nitrogens is 1. The molecule has 0 unspecified atom stereocenters. The summed E-state index contributed by atoms with van der Waals surface area (Å²) in [4.78, 5) is 23.2. The van der Waals surface area contributed by atoms with Crippen LogP contribution in [0.25, 0.3) is 10.9 Å². The van der Waals surface area contributed by atoms with Gasteiger partial charge < -0.3 is 9.84 Å². The van der Waals surface area contributed by atoms with Gasteiger partial charge in [-0.15, -0.1) is 0 Å². The summed E-state index contributed by atoms with van der Waals surface area (Å²) < 4.78 is 6.33. The first-order valence-electron chi connectivity index (χ1n) is 5.86. The average molecular weight is 261 g/mol. The maximum Gasteiger partial charge on any atom is 0.419 e. The highest BCUT2D eigenvalue weighted by molar-refractivity contribution is 6.02. The number of carbonyl (C=O) groups is 2. The van der Waals surface area contributed by atoms with Crippen LogP contribution in [0.4, 0.5) is 4.79 Å². The zero-order valence-corrected chi connectivity index (χ0v) is 11.0. The van der Waals surface area contributed by atoms with Crippen molar-refractivity contribution in [3.63, 3.8) is 0 Å². The molecule has 19 heavy (non-hydrogen) atoms. The monoisotopic (exact) mass is 261 g/mol. The maximum atomic E-state index is 12.1. The number of para-hydroxylation sites is 1. The second-order valence-corrected chi connectivity index (χ2v) is 5.18. The summed E-state index contributed by atoms with van der Waals surface area (Å²) >= 11 is 0. The largest absolute Gasteiger partial charge is 0.505 e. The molecule has 0 amide bonds. The first-order valence-corrected chi connectivity index (χ1v) is 5.86. The smallest absolute Gasteiger partial charge is 0.419 e. The number of hydrogen-bond donors (Lipinski definition) is 1. The van der Waals surface area contributed by atoms with Gasteiger partial charge in [-0.25, -0.2) is 9.36 Å². The lowest BCUT2D eigenvalue weighted by Crippen LogP contribution is -2.27. The van der Waals surface area contributed by atoms with Crippen LogP contribution in [-0.4, -0.2) is 27.7 Å². The predicted octanol–water partition coefficient (Wildman–Crippen LogP) is 2.94. The van der Waals surface area contributed by atoms with Crippen LogP contribution >= 0.6 is 0 Å². The summed E-state index contributed by atoms with van der Waals surface area (Å²) in [6.07, 6.45) is -0.245. The molecule has 2 rings (SSSR count). The number of ether oxygens (including phenoxy) is 1. The highest BCUT2D eigenvalue weighted by Crippen LogP contribution is 2.31. The fourth-order valence-electron chi connectivity index (χ4n) is 1.86. The van der Waals surface area contributed by atoms with Crippen LogP contribution in [0, 0.1) is 0 Å². The Kier molecular flexibility index (Phi) is 3.06. The molecule has 1 aromatic heterocycles. The SMILES string of the molecule is CC(C)(C)OC(=O)n1c(C=O)c(O)c2ccccc21. The Morgan fingerprint density at radius 3 is 2.53 bits per heavy atom. The van der Waals surface area contributed by atoms with Crippen LogP contribution in [0.2, 0.25) is 0 Å². The number of fused-ring (bicyclic) bond motifs is 1. The Bertz CT molecular complexity index is 649. The molecule has 0 saturated heterocycles. The first kappa shape index (κ1) is 13.1. The van der Waals surface area contributed by atoms with E-state index in [0.29, 0.717) is 17.2 Å². The Morgan fingerprint density at radius 1 is 1.32 bits per heavy atom. The highest BCUT2D eigenvalue weighted by Gasteiger charge is 2.24. The van der Waals surface area contributed by atoms with E-state index in [1.165, 1.54) is 0 Å². The van der Waals surface area contributed by atoms with Crippen LogP contribution < -0.4 is 0 Å². The van der Waals surface area contributed by atoms with E-state index in [-0.39, 0.29) is 11.4 Å². The molecule has 1 aromatic carbocycles. The van der Waals surface area contributed by atoms with E-state index >= 15 is 0 Å². The molecular weight excluding hydrogens is 246 g/mol. The molecule has 0 bridgehead atoms. The molecule has 0 radical (unpaired) electrons. The van der Waals surface area contributed by atoms with Gasteiger partial charge in [0.15, 0.2) is 12.0 Å². The fraction of sp³-hybridized carbons (Fsp3) is 0.286. The van der Waals surface area contributed by atoms with Crippen molar-refractivity contribution in [3.8, 4) is 5.75 Å². The number of aromatic hydroxyl groups is 1. The quantitative estimate of drug-likeness (QED) is 0.801. The lowest BCUT2D eigenvalue weighted by Gasteiger charge is -2.20. The number of rotatable bonds is 1. The molecule has 100 valence electrons. The predicted molar refractivity (Wildman–Crippen MR) is 70.6 cm³/mol. The van der Waals surface area contributed by atoms with E-state index in [2.05, 4.69) is 0 Å². The van der Waals surface area contributed by atoms with Crippen LogP contribution in [-0.2, 0) is 4.74 Å². The zero-order chi connectivity index (χ0) is 14.2. The molecule has 0 fully saturated rings. The Hall–Kier alpha value is -2.30. The minimum absolute atomic E-state index is 0.101. The van der Waals surface area contributed by atoms with Crippen molar-refractivity contribution < 1.29 is 19.4 Å². The average Bonchev–Trinajstić information content (AvgIpc) is 2.60. The summed E-state index contributed by atoms with van der Waals surface area (Å²) in [5, 5.41) is 10.4. The van der Waals surface area contributed by atoms with E-state index in [9.17, 15) is 14.7 Å². The van der Waals surface area contributed by atoms with Crippen LogP contribution in [0.1, 0.15) is 31.3 Å². The number of carbonyl (C=O) groups excluding carboxylic acids is 2. The van der Waals surface area contributed by atoms with Crippen LogP contribution in [0.5, 0.6) is 5.75 Å². The lowest BCUT2D eigenvalue weighted by molar-refractivity contribution is 0.0537. The number of hydrogen-bond acceptors (Lipinski definition) is 4. The van der Waals surface area contributed by atoms with Crippen molar-refractivity contribution in [2.75, 3.05) is 0 Å². The van der Waals surface area contributed by atoms with Crippen molar-refractivity contribution in [3.05, 3.63) is 30.0 Å². The molecular formula is C14H15NO4. The summed E-state index contributed by atoms with van der Waals surface area (Å²) in [7, 11) is 0. The Labute approximate surface area is 110 Å². The Balaban J connectivity index is 2.65. The minimum Gasteiger partial charge on any atom is -0.505 e. The highest BCUT2D eigenvalue weighted by atomic mass is 16.6. The molecule has 0 aliphatic carbocycles. The molecule has 0 aliphatic heterocycles. The van der Waals surface area contributed by atoms with Gasteiger partial charge in [0.25, 0.3) is 0 Å². The normalized spacial score (nSPS) is 11.5. The van der Waals surface area contributed by atoms with Crippen molar-refractivity contribution in [2.24, 2.45) is 0 Å². The van der Waals surface area contributed by atoms with Crippen molar-refractivity contribution >= 4 is 23.3 Å². The van der Waals surface area contributed by atoms with Gasteiger partial charge in [0.2, 0.25) is 0 Å². The Morgan fingerprint density at radius 2 is 1.95 bits per heavy atom. The minimum atomic E-state index is -0.689. The van der Waals surface area contributed by atoms with Gasteiger partial charge in [-0.2, -0.15) is 0 Å². The number of nitrogens with zero attached hydrogens (tertiary/aromatic N) is 1. The molecule has 0 aliphatic rings. The molecule has 5 heteroatoms. The van der Waals surface area contributed by atoms with Gasteiger partial charge in [-0.3, -0.25) is 4.79 Å². The van der Waals surface area contributed by atoms with E-state index in [1.807, 2.05) is 0 Å². The third kappa shape index (κ3) is 2.31. The van der Waals surface area contributed by atoms with Gasteiger partial charge >= 0.3 is 6.09 Å². The number of aldehydes is 1. The molecule has 1 N–H and O–H groups in total. The van der Waals surface area contributed by atoms with E-state index in [4.69, 9.17) is 4.74 Å². The lowest BCUT2D eigenvalue weighted by atomic mass is 10.2. The van der Waals surface area contributed by atoms with E-state index in [0.717, 1.165) is 4.57 Å². The maximum absolute atomic E-state index is 12.1. The van der Waals surface area contributed by atoms with Crippen LogP contribution in [0.15, 0.2) is 24.3 Å². The summed E-state index contributed by atoms with van der Waals surface area (Å²) in [6.45, 7) is 5.20. The molecule has 2 aromatic rings. The molecule has 0 atom stereocenters. The molecule has 1 heterocycles. The zero-order valence-electron chi connectivity index (χ0n) is 11.0. The van der Waals surface area contributed by atoms with Crippen molar-refractivity contribution in [2.45, 2.75) is 26.4 Å². The second-order valence-electron chi connectivity index (χ2n) is 5.18. The molecule has 0 spiro atoms. The fourth-order valence-corrected chi connectivity index (χ4v) is 1.86. The second kappa shape index (κ2) is 4.42. The summed E-state index contributed by atoms with van der Waals surface area (Å²) in [5.41, 5.74) is -0.343. The third-order valence-corrected chi connectivity index (χ3v) is 2.57. The van der Waals surface area contributed by atoms with Crippen LogP contribution in [0.3, 0.4) is 0 Å². The van der Waals surface area contributed by atoms with E-state index in [1.54, 1.807) is 45.0 Å². The summed E-state index contributed by atoms with van der Waals surface area (Å²) in [5.74, 6) is -0.212. The number of benzene rings is 1. The van der Waals surface area contributed by atoms with Gasteiger partial charge in [-0.05, 0) is 32.9 Å². The van der Waals surface area contributed by atoms with Gasteiger partial charge in [0, 0.05) is 5.39 Å². The first-order chi connectivity index (χ1) is 8.85. The van der Waals surface area contributed by atoms with Gasteiger partial charge in [0.1, 0.15) is 11.3 Å².